The first kappa shape index (κ1) is 16.4. The Hall–Kier alpha value is -0.680. The average Bonchev–Trinajstić information content (AvgIpc) is 2.41. The summed E-state index contributed by atoms with van der Waals surface area (Å²) in [4.78, 5) is 2.06. The van der Waals surface area contributed by atoms with Crippen LogP contribution in [0, 0.1) is 11.3 Å². The molecule has 19 heavy (non-hydrogen) atoms. The molecule has 6 nitrogen and oxygen atoms in total. The minimum absolute atomic E-state index is 0.0988. The summed E-state index contributed by atoms with van der Waals surface area (Å²) in [6, 6.07) is 2.16. The fourth-order valence-corrected chi connectivity index (χ4v) is 3.70. The molecule has 7 heteroatoms. The number of hydrogen-bond acceptors (Lipinski definition) is 5. The van der Waals surface area contributed by atoms with E-state index in [2.05, 4.69) is 11.0 Å². The summed E-state index contributed by atoms with van der Waals surface area (Å²) >= 11 is 0. The maximum absolute atomic E-state index is 12.1. The number of sulfonamides is 1. The molecule has 0 amide bonds. The SMILES string of the molecule is CCC(C#N)N1CCN(S(=O)(=O)CCCOC)CC1. The highest BCUT2D eigenvalue weighted by molar-refractivity contribution is 7.89. The topological polar surface area (TPSA) is 73.6 Å². The van der Waals surface area contributed by atoms with Crippen LogP contribution in [0.5, 0.6) is 0 Å². The monoisotopic (exact) mass is 289 g/mol. The van der Waals surface area contributed by atoms with Crippen LogP contribution in [-0.2, 0) is 14.8 Å². The van der Waals surface area contributed by atoms with Gasteiger partial charge in [0.1, 0.15) is 0 Å². The highest BCUT2D eigenvalue weighted by Crippen LogP contribution is 2.12. The Morgan fingerprint density at radius 3 is 2.42 bits per heavy atom. The van der Waals surface area contributed by atoms with Crippen molar-refractivity contribution in [1.29, 1.82) is 5.26 Å². The molecule has 0 aromatic heterocycles. The average molecular weight is 289 g/mol. The lowest BCUT2D eigenvalue weighted by atomic mass is 10.2. The second-order valence-corrected chi connectivity index (χ2v) is 6.74. The van der Waals surface area contributed by atoms with Gasteiger partial charge in [-0.1, -0.05) is 6.92 Å². The Balaban J connectivity index is 2.47. The van der Waals surface area contributed by atoms with Gasteiger partial charge in [0.2, 0.25) is 10.0 Å². The van der Waals surface area contributed by atoms with E-state index < -0.39 is 10.0 Å². The molecule has 1 rings (SSSR count). The summed E-state index contributed by atoms with van der Waals surface area (Å²) < 4.78 is 30.5. The summed E-state index contributed by atoms with van der Waals surface area (Å²) in [6.07, 6.45) is 1.30. The molecule has 1 unspecified atom stereocenters. The maximum atomic E-state index is 12.1. The first-order valence-corrected chi connectivity index (χ1v) is 8.26. The van der Waals surface area contributed by atoms with Crippen molar-refractivity contribution in [3.8, 4) is 6.07 Å². The van der Waals surface area contributed by atoms with E-state index >= 15 is 0 Å². The first-order valence-electron chi connectivity index (χ1n) is 6.65. The first-order chi connectivity index (χ1) is 9.05. The normalized spacial score (nSPS) is 20.1. The molecule has 110 valence electrons. The van der Waals surface area contributed by atoms with Crippen LogP contribution in [0.25, 0.3) is 0 Å². The van der Waals surface area contributed by atoms with Crippen LogP contribution in [-0.4, -0.2) is 69.3 Å². The summed E-state index contributed by atoms with van der Waals surface area (Å²) in [6.45, 7) is 4.67. The molecule has 0 aromatic carbocycles. The molecule has 1 fully saturated rings. The Kier molecular flexibility index (Phi) is 6.72. The predicted octanol–water partition coefficient (Wildman–Crippen LogP) is 0.272. The van der Waals surface area contributed by atoms with E-state index in [1.54, 1.807) is 7.11 Å². The fraction of sp³-hybridized carbons (Fsp3) is 0.917. The highest BCUT2D eigenvalue weighted by atomic mass is 32.2. The lowest BCUT2D eigenvalue weighted by molar-refractivity contribution is 0.159. The molecule has 1 saturated heterocycles. The van der Waals surface area contributed by atoms with Crippen LogP contribution in [0.3, 0.4) is 0 Å². The molecule has 0 bridgehead atoms. The van der Waals surface area contributed by atoms with Gasteiger partial charge in [0.05, 0.1) is 17.9 Å². The van der Waals surface area contributed by atoms with E-state index in [1.807, 2.05) is 6.92 Å². The number of ether oxygens (including phenoxy) is 1. The highest BCUT2D eigenvalue weighted by Gasteiger charge is 2.28. The summed E-state index contributed by atoms with van der Waals surface area (Å²) in [5, 5.41) is 9.01. The smallest absolute Gasteiger partial charge is 0.214 e. The van der Waals surface area contributed by atoms with E-state index in [1.165, 1.54) is 4.31 Å². The molecule has 1 heterocycles. The largest absolute Gasteiger partial charge is 0.385 e. The van der Waals surface area contributed by atoms with Crippen molar-refractivity contribution in [3.63, 3.8) is 0 Å². The minimum Gasteiger partial charge on any atom is -0.385 e. The van der Waals surface area contributed by atoms with Crippen LogP contribution >= 0.6 is 0 Å². The third kappa shape index (κ3) is 4.73. The van der Waals surface area contributed by atoms with Crippen molar-refractivity contribution in [3.05, 3.63) is 0 Å². The molecule has 0 spiro atoms. The molecule has 1 aliphatic rings. The van der Waals surface area contributed by atoms with Crippen LogP contribution < -0.4 is 0 Å². The van der Waals surface area contributed by atoms with Gasteiger partial charge in [0.25, 0.3) is 0 Å². The maximum Gasteiger partial charge on any atom is 0.214 e. The van der Waals surface area contributed by atoms with Crippen LogP contribution in [0.2, 0.25) is 0 Å². The lowest BCUT2D eigenvalue weighted by Gasteiger charge is -2.35. The molecule has 0 aliphatic carbocycles. The molecular weight excluding hydrogens is 266 g/mol. The molecule has 0 N–H and O–H groups in total. The summed E-state index contributed by atoms with van der Waals surface area (Å²) in [7, 11) is -1.61. The lowest BCUT2D eigenvalue weighted by Crippen LogP contribution is -2.52. The van der Waals surface area contributed by atoms with Gasteiger partial charge in [-0.2, -0.15) is 9.57 Å². The zero-order chi connectivity index (χ0) is 14.3. The summed E-state index contributed by atoms with van der Waals surface area (Å²) in [5.74, 6) is 0.135. The van der Waals surface area contributed by atoms with E-state index in [-0.39, 0.29) is 11.8 Å². The zero-order valence-electron chi connectivity index (χ0n) is 11.7. The van der Waals surface area contributed by atoms with E-state index in [0.717, 1.165) is 6.42 Å². The van der Waals surface area contributed by atoms with E-state index in [4.69, 9.17) is 10.00 Å². The van der Waals surface area contributed by atoms with Gasteiger partial charge in [-0.25, -0.2) is 8.42 Å². The number of piperazine rings is 1. The predicted molar refractivity (Wildman–Crippen MR) is 73.1 cm³/mol. The third-order valence-corrected chi connectivity index (χ3v) is 5.35. The molecular formula is C12H23N3O3S. The Bertz CT molecular complexity index is 397. The Morgan fingerprint density at radius 1 is 1.32 bits per heavy atom. The van der Waals surface area contributed by atoms with Crippen molar-refractivity contribution >= 4 is 10.0 Å². The van der Waals surface area contributed by atoms with E-state index in [0.29, 0.717) is 39.2 Å². The van der Waals surface area contributed by atoms with Gasteiger partial charge >= 0.3 is 0 Å². The molecule has 1 atom stereocenters. The second kappa shape index (κ2) is 7.80. The number of methoxy groups -OCH3 is 1. The van der Waals surface area contributed by atoms with Gasteiger partial charge in [0.15, 0.2) is 0 Å². The van der Waals surface area contributed by atoms with Crippen LogP contribution in [0.4, 0.5) is 0 Å². The fourth-order valence-electron chi connectivity index (χ4n) is 2.24. The van der Waals surface area contributed by atoms with Crippen molar-refractivity contribution in [2.75, 3.05) is 45.6 Å². The van der Waals surface area contributed by atoms with Gasteiger partial charge in [0, 0.05) is 39.9 Å². The second-order valence-electron chi connectivity index (χ2n) is 4.65. The van der Waals surface area contributed by atoms with Crippen molar-refractivity contribution < 1.29 is 13.2 Å². The van der Waals surface area contributed by atoms with E-state index in [9.17, 15) is 8.42 Å². The van der Waals surface area contributed by atoms with Gasteiger partial charge in [-0.05, 0) is 12.8 Å². The number of nitrogens with zero attached hydrogens (tertiary/aromatic N) is 3. The number of rotatable bonds is 7. The quantitative estimate of drug-likeness (QED) is 0.629. The molecule has 1 aliphatic heterocycles. The molecule has 0 aromatic rings. The number of nitriles is 1. The summed E-state index contributed by atoms with van der Waals surface area (Å²) in [5.41, 5.74) is 0. The molecule has 0 radical (unpaired) electrons. The van der Waals surface area contributed by atoms with Crippen LogP contribution in [0.1, 0.15) is 19.8 Å². The van der Waals surface area contributed by atoms with Crippen molar-refractivity contribution in [2.45, 2.75) is 25.8 Å². The Labute approximate surface area is 116 Å². The third-order valence-electron chi connectivity index (χ3n) is 3.39. The number of hydrogen-bond donors (Lipinski definition) is 0. The molecule has 0 saturated carbocycles. The zero-order valence-corrected chi connectivity index (χ0v) is 12.5. The van der Waals surface area contributed by atoms with Crippen LogP contribution in [0.15, 0.2) is 0 Å². The standard InChI is InChI=1S/C12H23N3O3S/c1-3-12(11-13)14-5-7-15(8-6-14)19(16,17)10-4-9-18-2/h12H,3-10H2,1-2H3. The van der Waals surface area contributed by atoms with Crippen molar-refractivity contribution in [2.24, 2.45) is 0 Å². The van der Waals surface area contributed by atoms with Gasteiger partial charge < -0.3 is 4.74 Å². The minimum atomic E-state index is -3.17. The van der Waals surface area contributed by atoms with Crippen molar-refractivity contribution in [1.82, 2.24) is 9.21 Å². The van der Waals surface area contributed by atoms with Gasteiger partial charge in [-0.15, -0.1) is 0 Å². The Morgan fingerprint density at radius 2 is 1.95 bits per heavy atom. The van der Waals surface area contributed by atoms with Gasteiger partial charge in [-0.3, -0.25) is 4.90 Å².